The summed E-state index contributed by atoms with van der Waals surface area (Å²) >= 11 is 0. The average molecular weight is 227 g/mol. The van der Waals surface area contributed by atoms with E-state index in [0.717, 1.165) is 12.8 Å². The van der Waals surface area contributed by atoms with Crippen molar-refractivity contribution in [1.29, 1.82) is 0 Å². The first kappa shape index (κ1) is 16.0. The summed E-state index contributed by atoms with van der Waals surface area (Å²) in [4.78, 5) is 0. The lowest BCUT2D eigenvalue weighted by atomic mass is 10.0. The Kier molecular flexibility index (Phi) is 14.9. The molecule has 16 heavy (non-hydrogen) atoms. The zero-order chi connectivity index (χ0) is 11.9. The van der Waals surface area contributed by atoms with Crippen LogP contribution in [0.2, 0.25) is 0 Å². The first-order chi connectivity index (χ1) is 7.91. The summed E-state index contributed by atoms with van der Waals surface area (Å²) in [6.07, 6.45) is 17.4. The molecule has 0 aromatic carbocycles. The monoisotopic (exact) mass is 227 g/mol. The van der Waals surface area contributed by atoms with E-state index in [4.69, 9.17) is 5.11 Å². The van der Waals surface area contributed by atoms with E-state index in [0.29, 0.717) is 0 Å². The first-order valence-corrected chi connectivity index (χ1v) is 7.37. The van der Waals surface area contributed by atoms with Crippen molar-refractivity contribution in [3.63, 3.8) is 0 Å². The van der Waals surface area contributed by atoms with Crippen molar-refractivity contribution in [2.75, 3.05) is 0 Å². The van der Waals surface area contributed by atoms with Gasteiger partial charge in [-0.15, -0.1) is 0 Å². The molecule has 0 aromatic rings. The van der Waals surface area contributed by atoms with E-state index < -0.39 is 0 Å². The Bertz CT molecular complexity index is 98.0. The molecule has 0 bridgehead atoms. The Morgan fingerprint density at radius 1 is 0.625 bits per heavy atom. The van der Waals surface area contributed by atoms with E-state index in [1.54, 1.807) is 0 Å². The molecule has 0 aliphatic heterocycles. The van der Waals surface area contributed by atoms with Gasteiger partial charge in [-0.25, -0.2) is 0 Å². The summed E-state index contributed by atoms with van der Waals surface area (Å²) < 4.78 is 0. The van der Waals surface area contributed by atoms with Gasteiger partial charge in [-0.3, -0.25) is 0 Å². The summed E-state index contributed by atoms with van der Waals surface area (Å²) in [6, 6.07) is 0. The van der Waals surface area contributed by atoms with Crippen molar-refractivity contribution in [3.8, 4) is 0 Å². The van der Waals surface area contributed by atoms with Crippen LogP contribution < -0.4 is 0 Å². The molecule has 1 N–H and O–H groups in total. The van der Waals surface area contributed by atoms with Gasteiger partial charge in [-0.2, -0.15) is 0 Å². The highest BCUT2D eigenvalue weighted by atomic mass is 16.2. The third-order valence-corrected chi connectivity index (χ3v) is 3.19. The molecule has 1 nitrogen and oxygen atoms in total. The second-order valence-electron chi connectivity index (χ2n) is 4.86. The molecular weight excluding hydrogens is 196 g/mol. The van der Waals surface area contributed by atoms with Crippen molar-refractivity contribution in [1.82, 2.24) is 0 Å². The highest BCUT2D eigenvalue weighted by Crippen LogP contribution is 2.12. The van der Waals surface area contributed by atoms with Gasteiger partial charge in [-0.05, 0) is 6.42 Å². The molecule has 1 radical (unpaired) electrons. The predicted octanol–water partition coefficient (Wildman–Crippen LogP) is 5.61. The number of hydrogen-bond donors (Lipinski definition) is 1. The maximum atomic E-state index is 8.50. The van der Waals surface area contributed by atoms with Crippen molar-refractivity contribution >= 4 is 0 Å². The summed E-state index contributed by atoms with van der Waals surface area (Å²) in [5, 5.41) is 8.50. The van der Waals surface area contributed by atoms with Gasteiger partial charge in [0.15, 0.2) is 0 Å². The number of unbranched alkanes of at least 4 members (excludes halogenated alkanes) is 12. The third-order valence-electron chi connectivity index (χ3n) is 3.19. The Hall–Kier alpha value is -0.0400. The highest BCUT2D eigenvalue weighted by molar-refractivity contribution is 4.50. The van der Waals surface area contributed by atoms with E-state index in [-0.39, 0.29) is 0 Å². The molecule has 0 rings (SSSR count). The molecule has 1 heteroatoms. The average Bonchev–Trinajstić information content (AvgIpc) is 2.31. The van der Waals surface area contributed by atoms with E-state index in [9.17, 15) is 0 Å². The molecular formula is C15H31O. The molecule has 0 fully saturated rings. The van der Waals surface area contributed by atoms with Crippen LogP contribution >= 0.6 is 0 Å². The van der Waals surface area contributed by atoms with Crippen molar-refractivity contribution < 1.29 is 5.11 Å². The van der Waals surface area contributed by atoms with Crippen LogP contribution in [0.4, 0.5) is 0 Å². The van der Waals surface area contributed by atoms with Gasteiger partial charge < -0.3 is 5.11 Å². The first-order valence-electron chi connectivity index (χ1n) is 7.37. The standard InChI is InChI=1S/C15H31O/c1-2-3-4-5-6-7-8-9-10-11-12-13-14-15-16/h15-16H,2-14H2,1H3. The molecule has 0 aromatic heterocycles. The Balaban J connectivity index is 2.83. The number of hydrogen-bond acceptors (Lipinski definition) is 1. The Labute approximate surface area is 103 Å². The fraction of sp³-hybridized carbons (Fsp3) is 0.933. The predicted molar refractivity (Wildman–Crippen MR) is 71.9 cm³/mol. The number of rotatable bonds is 13. The molecule has 97 valence electrons. The van der Waals surface area contributed by atoms with Crippen molar-refractivity contribution in [2.24, 2.45) is 0 Å². The molecule has 0 amide bonds. The molecule has 0 atom stereocenters. The minimum atomic E-state index is 0.872. The maximum absolute atomic E-state index is 8.50. The fourth-order valence-electron chi connectivity index (χ4n) is 2.08. The lowest BCUT2D eigenvalue weighted by molar-refractivity contribution is 0.367. The van der Waals surface area contributed by atoms with Gasteiger partial charge in [0.25, 0.3) is 0 Å². The highest BCUT2D eigenvalue weighted by Gasteiger charge is 1.93. The SMILES string of the molecule is CCCCCCCCCCCCCC[CH]O. The van der Waals surface area contributed by atoms with Crippen LogP contribution in [0.5, 0.6) is 0 Å². The van der Waals surface area contributed by atoms with Crippen LogP contribution in [-0.4, -0.2) is 5.11 Å². The maximum Gasteiger partial charge on any atom is 0.0799 e. The summed E-state index contributed by atoms with van der Waals surface area (Å²) in [5.41, 5.74) is 0. The zero-order valence-electron chi connectivity index (χ0n) is 11.2. The zero-order valence-corrected chi connectivity index (χ0v) is 11.2. The van der Waals surface area contributed by atoms with E-state index >= 15 is 0 Å². The lowest BCUT2D eigenvalue weighted by Crippen LogP contribution is -1.83. The normalized spacial score (nSPS) is 10.9. The largest absolute Gasteiger partial charge is 0.390 e. The lowest BCUT2D eigenvalue weighted by Gasteiger charge is -2.02. The van der Waals surface area contributed by atoms with Gasteiger partial charge in [0.2, 0.25) is 0 Å². The molecule has 0 aliphatic carbocycles. The molecule has 0 heterocycles. The van der Waals surface area contributed by atoms with Gasteiger partial charge in [0.05, 0.1) is 6.61 Å². The van der Waals surface area contributed by atoms with Gasteiger partial charge in [-0.1, -0.05) is 84.0 Å². The van der Waals surface area contributed by atoms with Gasteiger partial charge in [0.1, 0.15) is 0 Å². The van der Waals surface area contributed by atoms with Crippen LogP contribution in [-0.2, 0) is 0 Å². The minimum Gasteiger partial charge on any atom is -0.390 e. The number of aliphatic hydroxyl groups excluding tert-OH is 1. The molecule has 0 unspecified atom stereocenters. The second-order valence-corrected chi connectivity index (χ2v) is 4.86. The Morgan fingerprint density at radius 3 is 1.38 bits per heavy atom. The number of aliphatic hydroxyl groups is 1. The quantitative estimate of drug-likeness (QED) is 0.405. The fourth-order valence-corrected chi connectivity index (χ4v) is 2.08. The van der Waals surface area contributed by atoms with Crippen LogP contribution in [0, 0.1) is 6.61 Å². The summed E-state index contributed by atoms with van der Waals surface area (Å²) in [6.45, 7) is 3.56. The van der Waals surface area contributed by atoms with Crippen LogP contribution in [0.1, 0.15) is 90.4 Å². The molecule has 0 saturated carbocycles. The van der Waals surface area contributed by atoms with Crippen LogP contribution in [0.25, 0.3) is 0 Å². The van der Waals surface area contributed by atoms with Gasteiger partial charge >= 0.3 is 0 Å². The topological polar surface area (TPSA) is 20.2 Å². The smallest absolute Gasteiger partial charge is 0.0799 e. The van der Waals surface area contributed by atoms with Crippen molar-refractivity contribution in [3.05, 3.63) is 6.61 Å². The second kappa shape index (κ2) is 15.0. The molecule has 0 spiro atoms. The molecule has 0 saturated heterocycles. The summed E-state index contributed by atoms with van der Waals surface area (Å²) in [7, 11) is 0. The van der Waals surface area contributed by atoms with Crippen molar-refractivity contribution in [2.45, 2.75) is 90.4 Å². The third kappa shape index (κ3) is 14.0. The van der Waals surface area contributed by atoms with Gasteiger partial charge in [0, 0.05) is 0 Å². The Morgan fingerprint density at radius 2 is 1.00 bits per heavy atom. The minimum absolute atomic E-state index is 0.872. The molecule has 0 aliphatic rings. The van der Waals surface area contributed by atoms with E-state index in [2.05, 4.69) is 6.92 Å². The van der Waals surface area contributed by atoms with Crippen LogP contribution in [0.3, 0.4) is 0 Å². The van der Waals surface area contributed by atoms with Crippen LogP contribution in [0.15, 0.2) is 0 Å². The van der Waals surface area contributed by atoms with E-state index in [1.165, 1.54) is 77.2 Å². The summed E-state index contributed by atoms with van der Waals surface area (Å²) in [5.74, 6) is 0. The van der Waals surface area contributed by atoms with E-state index in [1.807, 2.05) is 0 Å².